The van der Waals surface area contributed by atoms with E-state index in [4.69, 9.17) is 0 Å². The minimum atomic E-state index is -3.40. The summed E-state index contributed by atoms with van der Waals surface area (Å²) >= 11 is 0. The van der Waals surface area contributed by atoms with Gasteiger partial charge in [-0.2, -0.15) is 4.31 Å². The second kappa shape index (κ2) is 9.69. The molecule has 1 aliphatic carbocycles. The lowest BCUT2D eigenvalue weighted by molar-refractivity contribution is -0.125. The summed E-state index contributed by atoms with van der Waals surface area (Å²) in [6.45, 7) is 3.31. The van der Waals surface area contributed by atoms with E-state index in [1.54, 1.807) is 19.1 Å². The number of benzene rings is 1. The summed E-state index contributed by atoms with van der Waals surface area (Å²) in [7, 11) is -3.40. The summed E-state index contributed by atoms with van der Waals surface area (Å²) in [5.41, 5.74) is 0.760. The summed E-state index contributed by atoms with van der Waals surface area (Å²) in [5, 5.41) is 5.26. The van der Waals surface area contributed by atoms with Crippen LogP contribution in [-0.4, -0.2) is 67.8 Å². The van der Waals surface area contributed by atoms with Gasteiger partial charge in [-0.15, -0.1) is 0 Å². The molecule has 1 aromatic carbocycles. The fraction of sp³-hybridized carbons (Fsp3) is 0.600. The molecule has 0 radical (unpaired) electrons. The summed E-state index contributed by atoms with van der Waals surface area (Å²) in [5.74, 6) is -0.383. The van der Waals surface area contributed by atoms with Crippen molar-refractivity contribution in [1.29, 1.82) is 0 Å². The van der Waals surface area contributed by atoms with Gasteiger partial charge in [0.05, 0.1) is 11.8 Å². The Morgan fingerprint density at radius 2 is 1.69 bits per heavy atom. The van der Waals surface area contributed by atoms with Crippen LogP contribution in [0.1, 0.15) is 38.2 Å². The van der Waals surface area contributed by atoms with Crippen molar-refractivity contribution in [2.75, 3.05) is 26.2 Å². The average Bonchev–Trinajstić information content (AvgIpc) is 3.20. The Balaban J connectivity index is 1.46. The number of imide groups is 1. The van der Waals surface area contributed by atoms with Crippen LogP contribution in [0.2, 0.25) is 0 Å². The number of carbonyl (C=O) groups is 2. The zero-order valence-electron chi connectivity index (χ0n) is 16.8. The molecule has 29 heavy (non-hydrogen) atoms. The topological polar surface area (TPSA) is 98.8 Å². The number of urea groups is 1. The van der Waals surface area contributed by atoms with Crippen molar-refractivity contribution in [1.82, 2.24) is 19.8 Å². The monoisotopic (exact) mass is 422 g/mol. The van der Waals surface area contributed by atoms with Crippen molar-refractivity contribution in [3.8, 4) is 0 Å². The minimum absolute atomic E-state index is 0.0226. The highest BCUT2D eigenvalue weighted by molar-refractivity contribution is 7.88. The van der Waals surface area contributed by atoms with Crippen LogP contribution in [0.3, 0.4) is 0 Å². The van der Waals surface area contributed by atoms with E-state index in [0.717, 1.165) is 31.2 Å². The normalized spacial score (nSPS) is 20.3. The maximum absolute atomic E-state index is 12.7. The maximum Gasteiger partial charge on any atom is 0.321 e. The number of carbonyl (C=O) groups excluding carboxylic acids is 2. The lowest BCUT2D eigenvalue weighted by Crippen LogP contribution is -2.56. The minimum Gasteiger partial charge on any atom is -0.335 e. The molecule has 1 aromatic rings. The van der Waals surface area contributed by atoms with Gasteiger partial charge in [-0.3, -0.25) is 15.0 Å². The van der Waals surface area contributed by atoms with Gasteiger partial charge in [-0.1, -0.05) is 43.2 Å². The van der Waals surface area contributed by atoms with Crippen LogP contribution in [0.4, 0.5) is 4.79 Å². The third-order valence-electron chi connectivity index (χ3n) is 5.71. The Bertz CT molecular complexity index is 801. The molecule has 1 saturated heterocycles. The summed E-state index contributed by atoms with van der Waals surface area (Å²) < 4.78 is 26.8. The van der Waals surface area contributed by atoms with Crippen molar-refractivity contribution < 1.29 is 18.0 Å². The van der Waals surface area contributed by atoms with Gasteiger partial charge in [-0.05, 0) is 25.3 Å². The second-order valence-corrected chi connectivity index (χ2v) is 9.77. The molecule has 1 atom stereocenters. The van der Waals surface area contributed by atoms with Gasteiger partial charge in [0, 0.05) is 32.2 Å². The third kappa shape index (κ3) is 6.01. The standard InChI is InChI=1S/C20H30N4O4S/c1-16(19(25)22-20(26)21-18-9-5-6-10-18)23-11-13-24(14-12-23)29(27,28)15-17-7-3-2-4-8-17/h2-4,7-8,16,18H,5-6,9-15H2,1H3,(H2,21,22,25,26)/t16-/m1/s1. The van der Waals surface area contributed by atoms with Crippen LogP contribution in [-0.2, 0) is 20.6 Å². The lowest BCUT2D eigenvalue weighted by atomic mass is 10.2. The third-order valence-corrected chi connectivity index (χ3v) is 7.56. The number of hydrogen-bond donors (Lipinski definition) is 2. The largest absolute Gasteiger partial charge is 0.335 e. The molecule has 3 rings (SSSR count). The number of sulfonamides is 1. The molecule has 9 heteroatoms. The molecule has 2 aliphatic rings. The van der Waals surface area contributed by atoms with E-state index in [0.29, 0.717) is 26.2 Å². The highest BCUT2D eigenvalue weighted by atomic mass is 32.2. The Morgan fingerprint density at radius 3 is 2.31 bits per heavy atom. The Kier molecular flexibility index (Phi) is 7.26. The molecule has 1 aliphatic heterocycles. The van der Waals surface area contributed by atoms with Crippen molar-refractivity contribution in [3.63, 3.8) is 0 Å². The number of amides is 3. The molecule has 0 aromatic heterocycles. The molecule has 8 nitrogen and oxygen atoms in total. The number of rotatable bonds is 6. The van der Waals surface area contributed by atoms with Gasteiger partial charge < -0.3 is 5.32 Å². The zero-order chi connectivity index (χ0) is 20.9. The van der Waals surface area contributed by atoms with E-state index >= 15 is 0 Å². The predicted molar refractivity (Wildman–Crippen MR) is 111 cm³/mol. The second-order valence-electron chi connectivity index (χ2n) is 7.80. The van der Waals surface area contributed by atoms with Gasteiger partial charge in [0.15, 0.2) is 0 Å². The van der Waals surface area contributed by atoms with E-state index in [-0.39, 0.29) is 17.7 Å². The number of nitrogens with zero attached hydrogens (tertiary/aromatic N) is 2. The summed E-state index contributed by atoms with van der Waals surface area (Å²) in [6, 6.07) is 8.32. The molecule has 0 spiro atoms. The highest BCUT2D eigenvalue weighted by Crippen LogP contribution is 2.17. The smallest absolute Gasteiger partial charge is 0.321 e. The molecule has 160 valence electrons. The van der Waals surface area contributed by atoms with Gasteiger partial charge >= 0.3 is 6.03 Å². The molecule has 2 fully saturated rings. The molecule has 0 bridgehead atoms. The number of hydrogen-bond acceptors (Lipinski definition) is 5. The van der Waals surface area contributed by atoms with Crippen LogP contribution in [0.15, 0.2) is 30.3 Å². The van der Waals surface area contributed by atoms with Gasteiger partial charge in [-0.25, -0.2) is 13.2 Å². The van der Waals surface area contributed by atoms with Crippen molar-refractivity contribution >= 4 is 22.0 Å². The first kappa shape index (κ1) is 21.7. The van der Waals surface area contributed by atoms with Gasteiger partial charge in [0.1, 0.15) is 0 Å². The van der Waals surface area contributed by atoms with Crippen LogP contribution < -0.4 is 10.6 Å². The average molecular weight is 423 g/mol. The first-order chi connectivity index (χ1) is 13.8. The Labute approximate surface area is 172 Å². The first-order valence-electron chi connectivity index (χ1n) is 10.2. The van der Waals surface area contributed by atoms with Crippen LogP contribution in [0.5, 0.6) is 0 Å². The van der Waals surface area contributed by atoms with Gasteiger partial charge in [0.25, 0.3) is 0 Å². The van der Waals surface area contributed by atoms with E-state index in [1.165, 1.54) is 4.31 Å². The van der Waals surface area contributed by atoms with Gasteiger partial charge in [0.2, 0.25) is 15.9 Å². The van der Waals surface area contributed by atoms with E-state index < -0.39 is 22.1 Å². The SMILES string of the molecule is C[C@H](C(=O)NC(=O)NC1CCCC1)N1CCN(S(=O)(=O)Cc2ccccc2)CC1. The molecular formula is C20H30N4O4S. The molecule has 2 N–H and O–H groups in total. The Hall–Kier alpha value is -1.97. The predicted octanol–water partition coefficient (Wildman–Crippen LogP) is 1.29. The molecule has 1 heterocycles. The van der Waals surface area contributed by atoms with E-state index in [2.05, 4.69) is 10.6 Å². The molecular weight excluding hydrogens is 392 g/mol. The van der Waals surface area contributed by atoms with E-state index in [1.807, 2.05) is 23.1 Å². The van der Waals surface area contributed by atoms with Crippen LogP contribution in [0, 0.1) is 0 Å². The van der Waals surface area contributed by atoms with Crippen molar-refractivity contribution in [3.05, 3.63) is 35.9 Å². The Morgan fingerprint density at radius 1 is 1.07 bits per heavy atom. The summed E-state index contributed by atoms with van der Waals surface area (Å²) in [4.78, 5) is 26.3. The fourth-order valence-corrected chi connectivity index (χ4v) is 5.43. The number of piperazine rings is 1. The van der Waals surface area contributed by atoms with Crippen molar-refractivity contribution in [2.24, 2.45) is 0 Å². The van der Waals surface area contributed by atoms with E-state index in [9.17, 15) is 18.0 Å². The van der Waals surface area contributed by atoms with Crippen LogP contribution in [0.25, 0.3) is 0 Å². The molecule has 3 amide bonds. The fourth-order valence-electron chi connectivity index (χ4n) is 3.92. The summed E-state index contributed by atoms with van der Waals surface area (Å²) in [6.07, 6.45) is 4.12. The van der Waals surface area contributed by atoms with Crippen molar-refractivity contribution in [2.45, 2.75) is 50.4 Å². The highest BCUT2D eigenvalue weighted by Gasteiger charge is 2.31. The maximum atomic E-state index is 12.7. The van der Waals surface area contributed by atoms with Crippen LogP contribution >= 0.6 is 0 Å². The zero-order valence-corrected chi connectivity index (χ0v) is 17.7. The number of nitrogens with one attached hydrogen (secondary N) is 2. The molecule has 1 saturated carbocycles. The quantitative estimate of drug-likeness (QED) is 0.720. The molecule has 0 unspecified atom stereocenters. The first-order valence-corrected chi connectivity index (χ1v) is 11.8. The lowest BCUT2D eigenvalue weighted by Gasteiger charge is -2.36.